The molecule has 0 aromatic heterocycles. The van der Waals surface area contributed by atoms with Gasteiger partial charge in [-0.15, -0.1) is 12.4 Å². The Kier molecular flexibility index (Phi) is 9.21. The third kappa shape index (κ3) is 5.85. The van der Waals surface area contributed by atoms with Crippen molar-refractivity contribution in [2.75, 3.05) is 32.1 Å². The summed E-state index contributed by atoms with van der Waals surface area (Å²) in [6.07, 6.45) is 2.89. The molecule has 1 aliphatic rings. The van der Waals surface area contributed by atoms with Crippen molar-refractivity contribution in [3.63, 3.8) is 0 Å². The summed E-state index contributed by atoms with van der Waals surface area (Å²) in [5, 5.41) is 5.88. The highest BCUT2D eigenvalue weighted by Gasteiger charge is 2.31. The molecule has 1 aromatic rings. The van der Waals surface area contributed by atoms with E-state index in [4.69, 9.17) is 22.1 Å². The molecule has 1 aromatic carbocycles. The number of halogens is 2. The number of methoxy groups -OCH3 is 1. The lowest BCUT2D eigenvalue weighted by Gasteiger charge is -2.17. The number of carbonyl (C=O) groups is 2. The van der Waals surface area contributed by atoms with Gasteiger partial charge >= 0.3 is 0 Å². The summed E-state index contributed by atoms with van der Waals surface area (Å²) in [5.74, 6) is -0.109. The fourth-order valence-electron chi connectivity index (χ4n) is 3.04. The van der Waals surface area contributed by atoms with Gasteiger partial charge in [0.1, 0.15) is 0 Å². The predicted molar refractivity (Wildman–Crippen MR) is 101 cm³/mol. The fraction of sp³-hybridized carbons (Fsp3) is 0.529. The minimum atomic E-state index is -0.270. The van der Waals surface area contributed by atoms with E-state index in [-0.39, 0.29) is 36.1 Å². The largest absolute Gasteiger partial charge is 0.383 e. The second kappa shape index (κ2) is 10.6. The Balaban J connectivity index is 0.00000312. The van der Waals surface area contributed by atoms with E-state index >= 15 is 0 Å². The number of nitrogens with two attached hydrogens (primary N) is 1. The van der Waals surface area contributed by atoms with Crippen molar-refractivity contribution >= 4 is 41.5 Å². The number of hydrogen-bond donors (Lipinski definition) is 3. The molecule has 2 atom stereocenters. The minimum absolute atomic E-state index is 0. The zero-order valence-corrected chi connectivity index (χ0v) is 15.8. The lowest BCUT2D eigenvalue weighted by Crippen LogP contribution is -2.30. The second-order valence-corrected chi connectivity index (χ2v) is 6.37. The standard InChI is InChI=1S/C17H24ClN3O3.ClH/c1-24-8-7-20-16(22)14-6-5-12(9-15(14)18)21-17(23)13-4-2-3-11(13)10-19;/h5-6,9,11,13H,2-4,7-8,10,19H2,1H3,(H,20,22)(H,21,23);1H/t11-,13-;/m1./s1. The van der Waals surface area contributed by atoms with Crippen LogP contribution < -0.4 is 16.4 Å². The first-order valence-corrected chi connectivity index (χ1v) is 8.52. The number of carbonyl (C=O) groups excluding carboxylic acids is 2. The lowest BCUT2D eigenvalue weighted by molar-refractivity contribution is -0.120. The van der Waals surface area contributed by atoms with Gasteiger partial charge in [-0.05, 0) is 43.5 Å². The second-order valence-electron chi connectivity index (χ2n) is 5.97. The highest BCUT2D eigenvalue weighted by Crippen LogP contribution is 2.32. The molecular formula is C17H25Cl2N3O3. The molecule has 1 saturated carbocycles. The molecule has 1 aliphatic carbocycles. The monoisotopic (exact) mass is 389 g/mol. The molecular weight excluding hydrogens is 365 g/mol. The van der Waals surface area contributed by atoms with E-state index in [0.29, 0.717) is 36.0 Å². The molecule has 140 valence electrons. The maximum absolute atomic E-state index is 12.4. The van der Waals surface area contributed by atoms with E-state index in [0.717, 1.165) is 19.3 Å². The highest BCUT2D eigenvalue weighted by molar-refractivity contribution is 6.34. The SMILES string of the molecule is COCCNC(=O)c1ccc(NC(=O)[C@@H]2CCC[C@@H]2CN)cc1Cl.Cl. The van der Waals surface area contributed by atoms with Crippen molar-refractivity contribution in [3.8, 4) is 0 Å². The van der Waals surface area contributed by atoms with Crippen LogP contribution in [0.3, 0.4) is 0 Å². The molecule has 0 bridgehead atoms. The molecule has 0 unspecified atom stereocenters. The fourth-order valence-corrected chi connectivity index (χ4v) is 3.30. The van der Waals surface area contributed by atoms with Gasteiger partial charge in [-0.1, -0.05) is 18.0 Å². The van der Waals surface area contributed by atoms with Gasteiger partial charge in [-0.2, -0.15) is 0 Å². The van der Waals surface area contributed by atoms with E-state index in [1.54, 1.807) is 25.3 Å². The molecule has 1 fully saturated rings. The van der Waals surface area contributed by atoms with Gasteiger partial charge in [0, 0.05) is 25.3 Å². The molecule has 0 heterocycles. The van der Waals surface area contributed by atoms with Gasteiger partial charge in [-0.25, -0.2) is 0 Å². The van der Waals surface area contributed by atoms with Crippen LogP contribution in [-0.4, -0.2) is 38.6 Å². The summed E-state index contributed by atoms with van der Waals surface area (Å²) in [4.78, 5) is 24.4. The van der Waals surface area contributed by atoms with Gasteiger partial charge in [0.25, 0.3) is 5.91 Å². The average Bonchev–Trinajstić information content (AvgIpc) is 3.03. The molecule has 0 radical (unpaired) electrons. The van der Waals surface area contributed by atoms with E-state index < -0.39 is 0 Å². The molecule has 25 heavy (non-hydrogen) atoms. The Bertz CT molecular complexity index is 599. The Labute approximate surface area is 159 Å². The Morgan fingerprint density at radius 1 is 1.36 bits per heavy atom. The molecule has 2 rings (SSSR count). The van der Waals surface area contributed by atoms with Gasteiger partial charge in [0.2, 0.25) is 5.91 Å². The van der Waals surface area contributed by atoms with Crippen LogP contribution in [0, 0.1) is 11.8 Å². The normalized spacial score (nSPS) is 19.2. The summed E-state index contributed by atoms with van der Waals surface area (Å²) in [6.45, 7) is 1.37. The molecule has 0 aliphatic heterocycles. The molecule has 0 spiro atoms. The molecule has 2 amide bonds. The maximum Gasteiger partial charge on any atom is 0.252 e. The quantitative estimate of drug-likeness (QED) is 0.624. The summed E-state index contributed by atoms with van der Waals surface area (Å²) >= 11 is 6.17. The van der Waals surface area contributed by atoms with E-state index in [1.807, 2.05) is 0 Å². The number of benzene rings is 1. The van der Waals surface area contributed by atoms with Crippen LogP contribution in [-0.2, 0) is 9.53 Å². The summed E-state index contributed by atoms with van der Waals surface area (Å²) in [5.41, 5.74) is 6.68. The third-order valence-electron chi connectivity index (χ3n) is 4.37. The zero-order chi connectivity index (χ0) is 17.5. The zero-order valence-electron chi connectivity index (χ0n) is 14.2. The van der Waals surface area contributed by atoms with Crippen molar-refractivity contribution in [3.05, 3.63) is 28.8 Å². The number of amides is 2. The van der Waals surface area contributed by atoms with Crippen LogP contribution in [0.1, 0.15) is 29.6 Å². The molecule has 6 nitrogen and oxygen atoms in total. The summed E-state index contributed by atoms with van der Waals surface area (Å²) < 4.78 is 4.88. The third-order valence-corrected chi connectivity index (χ3v) is 4.68. The molecule has 8 heteroatoms. The van der Waals surface area contributed by atoms with E-state index in [2.05, 4.69) is 10.6 Å². The number of rotatable bonds is 7. The number of anilines is 1. The lowest BCUT2D eigenvalue weighted by atomic mass is 9.95. The first-order valence-electron chi connectivity index (χ1n) is 8.14. The van der Waals surface area contributed by atoms with Crippen molar-refractivity contribution in [1.82, 2.24) is 5.32 Å². The molecule has 4 N–H and O–H groups in total. The predicted octanol–water partition coefficient (Wildman–Crippen LogP) is 2.45. The van der Waals surface area contributed by atoms with E-state index in [1.165, 1.54) is 0 Å². The first kappa shape index (κ1) is 21.7. The van der Waals surface area contributed by atoms with Crippen LogP contribution in [0.25, 0.3) is 0 Å². The topological polar surface area (TPSA) is 93.5 Å². The maximum atomic E-state index is 12.4. The van der Waals surface area contributed by atoms with Crippen molar-refractivity contribution in [2.45, 2.75) is 19.3 Å². The Morgan fingerprint density at radius 2 is 2.12 bits per heavy atom. The van der Waals surface area contributed by atoms with E-state index in [9.17, 15) is 9.59 Å². The first-order chi connectivity index (χ1) is 11.6. The number of hydrogen-bond acceptors (Lipinski definition) is 4. The van der Waals surface area contributed by atoms with Crippen LogP contribution >= 0.6 is 24.0 Å². The summed E-state index contributed by atoms with van der Waals surface area (Å²) in [7, 11) is 1.57. The Hall–Kier alpha value is -1.34. The number of nitrogens with one attached hydrogen (secondary N) is 2. The molecule has 0 saturated heterocycles. The highest BCUT2D eigenvalue weighted by atomic mass is 35.5. The minimum Gasteiger partial charge on any atom is -0.383 e. The van der Waals surface area contributed by atoms with Crippen LogP contribution in [0.4, 0.5) is 5.69 Å². The average molecular weight is 390 g/mol. The van der Waals surface area contributed by atoms with Crippen molar-refractivity contribution in [1.29, 1.82) is 0 Å². The van der Waals surface area contributed by atoms with Gasteiger partial charge in [0.15, 0.2) is 0 Å². The smallest absolute Gasteiger partial charge is 0.252 e. The summed E-state index contributed by atoms with van der Waals surface area (Å²) in [6, 6.07) is 4.88. The Morgan fingerprint density at radius 3 is 2.76 bits per heavy atom. The van der Waals surface area contributed by atoms with Crippen LogP contribution in [0.15, 0.2) is 18.2 Å². The van der Waals surface area contributed by atoms with Gasteiger partial charge in [0.05, 0.1) is 17.2 Å². The van der Waals surface area contributed by atoms with Gasteiger partial charge in [-0.3, -0.25) is 9.59 Å². The number of ether oxygens (including phenoxy) is 1. The van der Waals surface area contributed by atoms with Crippen molar-refractivity contribution < 1.29 is 14.3 Å². The van der Waals surface area contributed by atoms with Crippen LogP contribution in [0.5, 0.6) is 0 Å². The van der Waals surface area contributed by atoms with Gasteiger partial charge < -0.3 is 21.1 Å². The van der Waals surface area contributed by atoms with Crippen molar-refractivity contribution in [2.24, 2.45) is 17.6 Å². The van der Waals surface area contributed by atoms with Crippen LogP contribution in [0.2, 0.25) is 5.02 Å².